The van der Waals surface area contributed by atoms with E-state index in [1.165, 1.54) is 0 Å². The molecule has 0 bridgehead atoms. The van der Waals surface area contributed by atoms with Crippen molar-refractivity contribution >= 4 is 17.5 Å². The highest BCUT2D eigenvalue weighted by Gasteiger charge is 2.33. The summed E-state index contributed by atoms with van der Waals surface area (Å²) in [6.07, 6.45) is 1.25. The van der Waals surface area contributed by atoms with Gasteiger partial charge < -0.3 is 24.1 Å². The molecule has 2 aromatic rings. The minimum absolute atomic E-state index is 0. The van der Waals surface area contributed by atoms with Crippen molar-refractivity contribution in [2.24, 2.45) is 0 Å². The summed E-state index contributed by atoms with van der Waals surface area (Å²) >= 11 is 6.64. The van der Waals surface area contributed by atoms with Crippen LogP contribution in [0.15, 0.2) is 16.9 Å². The number of ether oxygens (including phenoxy) is 3. The van der Waals surface area contributed by atoms with Crippen molar-refractivity contribution in [3.05, 3.63) is 55.5 Å². The van der Waals surface area contributed by atoms with Crippen LogP contribution in [0.3, 0.4) is 0 Å². The first-order chi connectivity index (χ1) is 14.4. The predicted molar refractivity (Wildman–Crippen MR) is 120 cm³/mol. The Morgan fingerprint density at radius 2 is 2.03 bits per heavy atom. The molecule has 7 nitrogen and oxygen atoms in total. The average molecular weight is 449 g/mol. The number of methoxy groups -OCH3 is 1. The highest BCUT2D eigenvalue weighted by Crippen LogP contribution is 2.41. The zero-order valence-corrected chi connectivity index (χ0v) is 18.1. The van der Waals surface area contributed by atoms with Gasteiger partial charge in [0.2, 0.25) is 0 Å². The number of aryl methyl sites for hydroxylation is 2. The first-order valence-corrected chi connectivity index (χ1v) is 10.4. The molecule has 1 aromatic carbocycles. The molecule has 0 aliphatic carbocycles. The number of hydrogen-bond donors (Lipinski definition) is 1. The second-order valence-electron chi connectivity index (χ2n) is 7.77. The maximum atomic E-state index is 13.4. The van der Waals surface area contributed by atoms with Crippen molar-refractivity contribution in [2.45, 2.75) is 46.8 Å². The van der Waals surface area contributed by atoms with E-state index < -0.39 is 0 Å². The second-order valence-corrected chi connectivity index (χ2v) is 8.15. The van der Waals surface area contributed by atoms with Gasteiger partial charge in [-0.3, -0.25) is 9.59 Å². The van der Waals surface area contributed by atoms with Crippen LogP contribution in [0.25, 0.3) is 0 Å². The highest BCUT2D eigenvalue weighted by molar-refractivity contribution is 6.35. The quantitative estimate of drug-likeness (QED) is 0.755. The van der Waals surface area contributed by atoms with Crippen LogP contribution in [0.2, 0.25) is 5.02 Å². The third kappa shape index (κ3) is 4.43. The predicted octanol–water partition coefficient (Wildman–Crippen LogP) is 3.66. The van der Waals surface area contributed by atoms with Crippen LogP contribution in [-0.2, 0) is 17.7 Å². The smallest absolute Gasteiger partial charge is 0.256 e. The van der Waals surface area contributed by atoms with E-state index >= 15 is 0 Å². The van der Waals surface area contributed by atoms with Crippen molar-refractivity contribution in [1.29, 1.82) is 0 Å². The van der Waals surface area contributed by atoms with E-state index in [1.54, 1.807) is 18.1 Å². The number of carbonyl (C=O) groups excluding carboxylic acids is 1. The lowest BCUT2D eigenvalue weighted by Gasteiger charge is -2.31. The molecule has 1 saturated heterocycles. The van der Waals surface area contributed by atoms with E-state index in [2.05, 4.69) is 4.98 Å². The molecule has 0 unspecified atom stereocenters. The van der Waals surface area contributed by atoms with Gasteiger partial charge in [-0.1, -0.05) is 19.0 Å². The summed E-state index contributed by atoms with van der Waals surface area (Å²) in [6, 6.07) is 3.65. The average Bonchev–Trinajstić information content (AvgIpc) is 3.21. The monoisotopic (exact) mass is 448 g/mol. The number of pyridine rings is 1. The number of nitrogens with zero attached hydrogens (tertiary/aromatic N) is 1. The summed E-state index contributed by atoms with van der Waals surface area (Å²) in [5, 5.41) is 0.280. The number of carbonyl (C=O) groups is 1. The number of aromatic amines is 1. The Hall–Kier alpha value is -2.51. The van der Waals surface area contributed by atoms with Gasteiger partial charge in [0, 0.05) is 35.9 Å². The molecule has 8 heteroatoms. The molecule has 168 valence electrons. The standard InChI is InChI=1S/C22H25ClN2O5.CH4/c1-12-8-13(2)24-21(26)16(12)10-25-6-4-15-17(28-3)9-18(20(23)19(15)22(25)27)30-14-5-7-29-11-14;/h8-9,14H,4-7,10-11H2,1-3H3,(H,24,26);1H4/t14-;/m1./s1. The Morgan fingerprint density at radius 3 is 2.68 bits per heavy atom. The van der Waals surface area contributed by atoms with Crippen LogP contribution in [0.1, 0.15) is 46.6 Å². The fraction of sp³-hybridized carbons (Fsp3) is 0.478. The topological polar surface area (TPSA) is 80.9 Å². The maximum Gasteiger partial charge on any atom is 0.256 e. The molecule has 0 spiro atoms. The lowest BCUT2D eigenvalue weighted by atomic mass is 9.96. The fourth-order valence-corrected chi connectivity index (χ4v) is 4.39. The van der Waals surface area contributed by atoms with Gasteiger partial charge in [-0.05, 0) is 31.9 Å². The number of benzene rings is 1. The van der Waals surface area contributed by atoms with Gasteiger partial charge in [-0.2, -0.15) is 0 Å². The van der Waals surface area contributed by atoms with Gasteiger partial charge in [0.25, 0.3) is 11.5 Å². The van der Waals surface area contributed by atoms with Crippen LogP contribution in [0, 0.1) is 13.8 Å². The summed E-state index contributed by atoms with van der Waals surface area (Å²) in [4.78, 5) is 30.3. The minimum atomic E-state index is -0.230. The number of rotatable bonds is 5. The zero-order chi connectivity index (χ0) is 21.4. The highest BCUT2D eigenvalue weighted by atomic mass is 35.5. The van der Waals surface area contributed by atoms with Crippen LogP contribution < -0.4 is 15.0 Å². The molecule has 1 N–H and O–H groups in total. The van der Waals surface area contributed by atoms with Crippen LogP contribution in [0.4, 0.5) is 0 Å². The largest absolute Gasteiger partial charge is 0.496 e. The van der Waals surface area contributed by atoms with E-state index in [0.717, 1.165) is 23.2 Å². The molecule has 0 radical (unpaired) electrons. The summed E-state index contributed by atoms with van der Waals surface area (Å²) in [7, 11) is 1.57. The minimum Gasteiger partial charge on any atom is -0.496 e. The van der Waals surface area contributed by atoms with Gasteiger partial charge >= 0.3 is 0 Å². The third-order valence-corrected chi connectivity index (χ3v) is 6.05. The normalized spacial score (nSPS) is 17.9. The lowest BCUT2D eigenvalue weighted by molar-refractivity contribution is 0.0723. The first-order valence-electron chi connectivity index (χ1n) is 10.0. The molecule has 3 heterocycles. The first kappa shape index (κ1) is 23.2. The Morgan fingerprint density at radius 1 is 1.26 bits per heavy atom. The molecule has 2 aliphatic rings. The van der Waals surface area contributed by atoms with E-state index in [-0.39, 0.29) is 36.6 Å². The Bertz CT molecular complexity index is 1040. The van der Waals surface area contributed by atoms with Gasteiger partial charge in [0.05, 0.1) is 37.5 Å². The van der Waals surface area contributed by atoms with Crippen molar-refractivity contribution < 1.29 is 19.0 Å². The zero-order valence-electron chi connectivity index (χ0n) is 17.3. The van der Waals surface area contributed by atoms with Crippen molar-refractivity contribution in [3.8, 4) is 11.5 Å². The molecule has 1 atom stereocenters. The molecular formula is C23H29ClN2O5. The van der Waals surface area contributed by atoms with Gasteiger partial charge in [0.15, 0.2) is 0 Å². The summed E-state index contributed by atoms with van der Waals surface area (Å²) < 4.78 is 16.9. The fourth-order valence-electron chi connectivity index (χ4n) is 4.10. The number of fused-ring (bicyclic) bond motifs is 1. The molecule has 0 saturated carbocycles. The molecule has 31 heavy (non-hydrogen) atoms. The van der Waals surface area contributed by atoms with Crippen LogP contribution >= 0.6 is 11.6 Å². The SMILES string of the molecule is C.COc1cc(O[C@@H]2CCOC2)c(Cl)c2c1CCN(Cc1c(C)cc(C)[nH]c1=O)C2=O. The number of nitrogens with one attached hydrogen (secondary N) is 1. The molecule has 4 rings (SSSR count). The number of aromatic nitrogens is 1. The van der Waals surface area contributed by atoms with E-state index in [1.807, 2.05) is 19.9 Å². The van der Waals surface area contributed by atoms with E-state index in [0.29, 0.717) is 48.8 Å². The number of H-pyrrole nitrogens is 1. The van der Waals surface area contributed by atoms with Crippen LogP contribution in [0.5, 0.6) is 11.5 Å². The number of amides is 1. The van der Waals surface area contributed by atoms with Gasteiger partial charge in [-0.25, -0.2) is 0 Å². The Kier molecular flexibility index (Phi) is 6.96. The Balaban J connectivity index is 0.00000272. The summed E-state index contributed by atoms with van der Waals surface area (Å²) in [6.45, 7) is 5.55. The van der Waals surface area contributed by atoms with Crippen molar-refractivity contribution in [1.82, 2.24) is 9.88 Å². The maximum absolute atomic E-state index is 13.4. The Labute approximate surface area is 187 Å². The van der Waals surface area contributed by atoms with Crippen LogP contribution in [-0.4, -0.2) is 48.8 Å². The van der Waals surface area contributed by atoms with E-state index in [4.69, 9.17) is 25.8 Å². The number of halogens is 1. The third-order valence-electron chi connectivity index (χ3n) is 5.67. The van der Waals surface area contributed by atoms with Crippen molar-refractivity contribution in [3.63, 3.8) is 0 Å². The molecule has 1 fully saturated rings. The summed E-state index contributed by atoms with van der Waals surface area (Å²) in [5.74, 6) is 0.773. The number of hydrogen-bond acceptors (Lipinski definition) is 5. The van der Waals surface area contributed by atoms with Gasteiger partial charge in [0.1, 0.15) is 17.6 Å². The van der Waals surface area contributed by atoms with E-state index in [9.17, 15) is 9.59 Å². The van der Waals surface area contributed by atoms with Crippen molar-refractivity contribution in [2.75, 3.05) is 26.9 Å². The molecular weight excluding hydrogens is 420 g/mol. The van der Waals surface area contributed by atoms with Gasteiger partial charge in [-0.15, -0.1) is 0 Å². The summed E-state index contributed by atoms with van der Waals surface area (Å²) in [5.41, 5.74) is 3.22. The molecule has 2 aliphatic heterocycles. The second kappa shape index (κ2) is 9.32. The molecule has 1 aromatic heterocycles. The molecule has 1 amide bonds. The lowest BCUT2D eigenvalue weighted by Crippen LogP contribution is -2.39.